The highest BCUT2D eigenvalue weighted by atomic mass is 28.4. The number of hydrogen-bond donors (Lipinski definition) is 0. The van der Waals surface area contributed by atoms with Gasteiger partial charge in [0.2, 0.25) is 0 Å². The molecule has 0 radical (unpaired) electrons. The van der Waals surface area contributed by atoms with Crippen molar-refractivity contribution in [1.82, 2.24) is 0 Å². The molecule has 0 amide bonds. The molecule has 0 saturated carbocycles. The van der Waals surface area contributed by atoms with Crippen molar-refractivity contribution in [1.29, 1.82) is 0 Å². The number of carbonyl (C=O) groups excluding carboxylic acids is 1. The molecule has 2 aromatic rings. The molecule has 0 heterocycles. The third kappa shape index (κ3) is 6.13. The van der Waals surface area contributed by atoms with Crippen molar-refractivity contribution >= 4 is 24.5 Å². The van der Waals surface area contributed by atoms with Gasteiger partial charge in [0.05, 0.1) is 0 Å². The molecule has 170 valence electrons. The normalized spacial score (nSPS) is 15.3. The van der Waals surface area contributed by atoms with Crippen LogP contribution in [0.25, 0.3) is 0 Å². The first kappa shape index (κ1) is 25.5. The Morgan fingerprint density at radius 1 is 0.935 bits per heavy atom. The first-order chi connectivity index (χ1) is 14.6. The number of ether oxygens (including phenoxy) is 2. The zero-order valence-electron chi connectivity index (χ0n) is 20.1. The van der Waals surface area contributed by atoms with E-state index in [-0.39, 0.29) is 16.7 Å². The van der Waals surface area contributed by atoms with Crippen LogP contribution in [0.1, 0.15) is 48.5 Å². The second-order valence-corrected chi connectivity index (χ2v) is 13.4. The lowest BCUT2D eigenvalue weighted by molar-refractivity contribution is -0.178. The Balaban J connectivity index is 2.41. The Hall–Kier alpha value is -1.79. The number of benzene rings is 2. The van der Waals surface area contributed by atoms with Gasteiger partial charge in [-0.3, -0.25) is 4.79 Å². The van der Waals surface area contributed by atoms with Crippen LogP contribution in [-0.2, 0) is 18.7 Å². The lowest BCUT2D eigenvalue weighted by Crippen LogP contribution is -2.67. The predicted octanol–water partition coefficient (Wildman–Crippen LogP) is 4.56. The molecule has 0 aliphatic carbocycles. The molecule has 5 heteroatoms. The Labute approximate surface area is 189 Å². The monoisotopic (exact) mass is 442 g/mol. The van der Waals surface area contributed by atoms with Gasteiger partial charge in [-0.05, 0) is 36.2 Å². The number of rotatable bonds is 11. The second kappa shape index (κ2) is 11.2. The van der Waals surface area contributed by atoms with Crippen molar-refractivity contribution in [3.05, 3.63) is 60.7 Å². The number of carbonyl (C=O) groups is 1. The summed E-state index contributed by atoms with van der Waals surface area (Å²) in [7, 11) is -2.65. The van der Waals surface area contributed by atoms with Gasteiger partial charge in [0.1, 0.15) is 6.10 Å². The molecule has 4 nitrogen and oxygen atoms in total. The van der Waals surface area contributed by atoms with Gasteiger partial charge >= 0.3 is 0 Å². The fourth-order valence-corrected chi connectivity index (χ4v) is 8.88. The minimum atomic E-state index is -2.65. The predicted molar refractivity (Wildman–Crippen MR) is 129 cm³/mol. The van der Waals surface area contributed by atoms with Gasteiger partial charge in [-0.2, -0.15) is 0 Å². The minimum Gasteiger partial charge on any atom is -0.407 e. The second-order valence-electron chi connectivity index (χ2n) is 9.14. The van der Waals surface area contributed by atoms with Crippen molar-refractivity contribution in [3.8, 4) is 0 Å². The Bertz CT molecular complexity index is 762. The highest BCUT2D eigenvalue weighted by Gasteiger charge is 2.50. The molecule has 3 atom stereocenters. The van der Waals surface area contributed by atoms with Gasteiger partial charge in [-0.25, -0.2) is 0 Å². The van der Waals surface area contributed by atoms with Crippen LogP contribution >= 0.6 is 0 Å². The summed E-state index contributed by atoms with van der Waals surface area (Å²) in [5, 5.41) is 2.34. The highest BCUT2D eigenvalue weighted by molar-refractivity contribution is 6.99. The lowest BCUT2D eigenvalue weighted by Gasteiger charge is -2.44. The standard InChI is InChI=1S/C26H38O4Si/c1-8-28-22(4)30-25(21(3)27)20(2)19-29-31(26(5,6)7,23-15-11-9-12-16-23)24-17-13-10-14-18-24/h9-18,20,22,25H,8,19H2,1-7H3/t20-,22?,25-/m1/s1. The van der Waals surface area contributed by atoms with Gasteiger partial charge in [-0.15, -0.1) is 0 Å². The maximum atomic E-state index is 12.4. The summed E-state index contributed by atoms with van der Waals surface area (Å²) in [6.45, 7) is 15.0. The Kier molecular flexibility index (Phi) is 9.19. The van der Waals surface area contributed by atoms with Crippen LogP contribution in [0.2, 0.25) is 5.04 Å². The fourth-order valence-electron chi connectivity index (χ4n) is 4.22. The summed E-state index contributed by atoms with van der Waals surface area (Å²) in [6.07, 6.45) is -1.01. The zero-order valence-corrected chi connectivity index (χ0v) is 21.1. The van der Waals surface area contributed by atoms with Crippen molar-refractivity contribution in [2.45, 2.75) is 65.9 Å². The molecule has 2 aromatic carbocycles. The van der Waals surface area contributed by atoms with E-state index in [1.165, 1.54) is 10.4 Å². The van der Waals surface area contributed by atoms with Gasteiger partial charge < -0.3 is 13.9 Å². The molecule has 0 aliphatic rings. The van der Waals surface area contributed by atoms with E-state index in [1.54, 1.807) is 6.92 Å². The van der Waals surface area contributed by atoms with Gasteiger partial charge in [0.25, 0.3) is 8.32 Å². The third-order valence-corrected chi connectivity index (χ3v) is 10.6. The van der Waals surface area contributed by atoms with Crippen LogP contribution in [0.4, 0.5) is 0 Å². The quantitative estimate of drug-likeness (QED) is 0.378. The molecule has 0 N–H and O–H groups in total. The molecule has 0 aliphatic heterocycles. The van der Waals surface area contributed by atoms with Crippen LogP contribution in [0.5, 0.6) is 0 Å². The molecule has 0 saturated heterocycles. The van der Waals surface area contributed by atoms with E-state index in [1.807, 2.05) is 32.9 Å². The zero-order chi connectivity index (χ0) is 23.1. The molecular weight excluding hydrogens is 404 g/mol. The topological polar surface area (TPSA) is 44.8 Å². The van der Waals surface area contributed by atoms with Crippen LogP contribution in [0.3, 0.4) is 0 Å². The summed E-state index contributed by atoms with van der Waals surface area (Å²) in [4.78, 5) is 12.4. The average molecular weight is 443 g/mol. The largest absolute Gasteiger partial charge is 0.407 e. The van der Waals surface area contributed by atoms with E-state index >= 15 is 0 Å². The van der Waals surface area contributed by atoms with E-state index < -0.39 is 20.7 Å². The van der Waals surface area contributed by atoms with Crippen LogP contribution in [-0.4, -0.2) is 39.7 Å². The van der Waals surface area contributed by atoms with Gasteiger partial charge in [0.15, 0.2) is 12.1 Å². The van der Waals surface area contributed by atoms with Crippen molar-refractivity contribution in [3.63, 3.8) is 0 Å². The molecule has 0 fully saturated rings. The fraction of sp³-hybridized carbons (Fsp3) is 0.500. The molecule has 0 spiro atoms. The summed E-state index contributed by atoms with van der Waals surface area (Å²) in [5.74, 6) is -0.118. The highest BCUT2D eigenvalue weighted by Crippen LogP contribution is 2.37. The van der Waals surface area contributed by atoms with E-state index in [4.69, 9.17) is 13.9 Å². The first-order valence-electron chi connectivity index (χ1n) is 11.2. The summed E-state index contributed by atoms with van der Waals surface area (Å²) < 4.78 is 18.4. The maximum Gasteiger partial charge on any atom is 0.261 e. The molecule has 2 rings (SSSR count). The average Bonchev–Trinajstić information content (AvgIpc) is 2.73. The van der Waals surface area contributed by atoms with E-state index in [0.29, 0.717) is 13.2 Å². The van der Waals surface area contributed by atoms with E-state index in [2.05, 4.69) is 69.3 Å². The lowest BCUT2D eigenvalue weighted by atomic mass is 10.0. The third-order valence-electron chi connectivity index (χ3n) is 5.64. The van der Waals surface area contributed by atoms with Crippen molar-refractivity contribution in [2.24, 2.45) is 5.92 Å². The van der Waals surface area contributed by atoms with Gasteiger partial charge in [0, 0.05) is 19.1 Å². The molecule has 1 unspecified atom stereocenters. The summed E-state index contributed by atoms with van der Waals surface area (Å²) >= 11 is 0. The van der Waals surface area contributed by atoms with Crippen molar-refractivity contribution < 1.29 is 18.7 Å². The molecular formula is C26H38O4Si. The Morgan fingerprint density at radius 3 is 1.81 bits per heavy atom. The number of Topliss-reactive ketones (excluding diaryl/α,β-unsaturated/α-hetero) is 1. The SMILES string of the molecule is CCOC(C)O[C@@H](C(C)=O)[C@H](C)CO[Si](c1ccccc1)(c1ccccc1)C(C)(C)C. The van der Waals surface area contributed by atoms with Crippen LogP contribution < -0.4 is 10.4 Å². The Morgan fingerprint density at radius 2 is 1.42 bits per heavy atom. The van der Waals surface area contributed by atoms with Gasteiger partial charge in [-0.1, -0.05) is 88.4 Å². The maximum absolute atomic E-state index is 12.4. The minimum absolute atomic E-state index is 0.00917. The van der Waals surface area contributed by atoms with E-state index in [0.717, 1.165) is 0 Å². The number of hydrogen-bond acceptors (Lipinski definition) is 4. The van der Waals surface area contributed by atoms with Crippen molar-refractivity contribution in [2.75, 3.05) is 13.2 Å². The van der Waals surface area contributed by atoms with Crippen LogP contribution in [0, 0.1) is 5.92 Å². The summed E-state index contributed by atoms with van der Waals surface area (Å²) in [5.41, 5.74) is 0. The first-order valence-corrected chi connectivity index (χ1v) is 13.1. The molecule has 0 aromatic heterocycles. The smallest absolute Gasteiger partial charge is 0.261 e. The number of ketones is 1. The molecule has 0 bridgehead atoms. The van der Waals surface area contributed by atoms with E-state index in [9.17, 15) is 4.79 Å². The summed E-state index contributed by atoms with van der Waals surface area (Å²) in [6, 6.07) is 21.1. The van der Waals surface area contributed by atoms with Crippen LogP contribution in [0.15, 0.2) is 60.7 Å². The molecule has 31 heavy (non-hydrogen) atoms.